The molecule has 0 unspecified atom stereocenters. The summed E-state index contributed by atoms with van der Waals surface area (Å²) in [5.74, 6) is -0.595. The molecule has 3 fully saturated rings. The third kappa shape index (κ3) is 6.10. The first-order valence-corrected chi connectivity index (χ1v) is 11.3. The smallest absolute Gasteiger partial charge is 0.217 e. The zero-order valence-electron chi connectivity index (χ0n) is 19.4. The SMILES string of the molecule is CC(=O)N[C@@H]1[C@@H](O[C@@H]2O[C@@H](C)[C@@H](O)[C@@H](O)[C@@H]2O)[C@H](O)[C@@H](CO[C@H]2O[C@@H](C)[C@@H](O)[C@@H](O)[C@@H]2O)O[C@H]1O. The van der Waals surface area contributed by atoms with Gasteiger partial charge in [-0.25, -0.2) is 0 Å². The summed E-state index contributed by atoms with van der Waals surface area (Å²) in [6, 6.07) is -1.33. The van der Waals surface area contributed by atoms with Gasteiger partial charge in [-0.2, -0.15) is 0 Å². The monoisotopic (exact) mass is 513 g/mol. The summed E-state index contributed by atoms with van der Waals surface area (Å²) in [4.78, 5) is 11.7. The van der Waals surface area contributed by atoms with Gasteiger partial charge in [-0.1, -0.05) is 0 Å². The first-order valence-electron chi connectivity index (χ1n) is 11.3. The molecule has 15 atom stereocenters. The predicted molar refractivity (Wildman–Crippen MR) is 110 cm³/mol. The van der Waals surface area contributed by atoms with Crippen LogP contribution in [0.5, 0.6) is 0 Å². The zero-order chi connectivity index (χ0) is 26.2. The highest BCUT2D eigenvalue weighted by Crippen LogP contribution is 2.30. The Morgan fingerprint density at radius 2 is 1.26 bits per heavy atom. The van der Waals surface area contributed by atoms with Gasteiger partial charge in [-0.15, -0.1) is 0 Å². The molecule has 0 saturated carbocycles. The molecule has 0 aromatic heterocycles. The number of nitrogens with one attached hydrogen (secondary N) is 1. The van der Waals surface area contributed by atoms with Gasteiger partial charge < -0.3 is 69.9 Å². The summed E-state index contributed by atoms with van der Waals surface area (Å²) in [6.45, 7) is 3.54. The van der Waals surface area contributed by atoms with Crippen LogP contribution < -0.4 is 5.32 Å². The molecule has 0 spiro atoms. The molecule has 204 valence electrons. The summed E-state index contributed by atoms with van der Waals surface area (Å²) in [5, 5.41) is 83.9. The van der Waals surface area contributed by atoms with Crippen LogP contribution in [-0.2, 0) is 28.5 Å². The van der Waals surface area contributed by atoms with Gasteiger partial charge in [0.05, 0.1) is 18.8 Å². The fourth-order valence-corrected chi connectivity index (χ4v) is 4.24. The Labute approximate surface area is 200 Å². The number of hydrogen-bond acceptors (Lipinski definition) is 14. The van der Waals surface area contributed by atoms with Crippen LogP contribution in [0.1, 0.15) is 20.8 Å². The molecule has 3 rings (SSSR count). The topological polar surface area (TPSA) is 237 Å². The van der Waals surface area contributed by atoms with Crippen LogP contribution in [0.3, 0.4) is 0 Å². The molecular formula is C20H35NO14. The van der Waals surface area contributed by atoms with Crippen LogP contribution in [0.4, 0.5) is 0 Å². The number of aliphatic hydroxyl groups is 8. The maximum Gasteiger partial charge on any atom is 0.217 e. The number of ether oxygens (including phenoxy) is 5. The van der Waals surface area contributed by atoms with Crippen LogP contribution in [0.15, 0.2) is 0 Å². The lowest BCUT2D eigenvalue weighted by molar-refractivity contribution is -0.344. The van der Waals surface area contributed by atoms with E-state index in [1.165, 1.54) is 13.8 Å². The maximum absolute atomic E-state index is 11.7. The van der Waals surface area contributed by atoms with Gasteiger partial charge in [0.15, 0.2) is 18.9 Å². The molecule has 1 amide bonds. The average molecular weight is 513 g/mol. The van der Waals surface area contributed by atoms with Crippen LogP contribution in [0, 0.1) is 0 Å². The van der Waals surface area contributed by atoms with Gasteiger partial charge in [0, 0.05) is 6.92 Å². The molecule has 15 nitrogen and oxygen atoms in total. The van der Waals surface area contributed by atoms with E-state index in [2.05, 4.69) is 5.32 Å². The third-order valence-electron chi connectivity index (χ3n) is 6.40. The maximum atomic E-state index is 11.7. The van der Waals surface area contributed by atoms with E-state index in [-0.39, 0.29) is 0 Å². The quantitative estimate of drug-likeness (QED) is 0.161. The Morgan fingerprint density at radius 3 is 1.80 bits per heavy atom. The summed E-state index contributed by atoms with van der Waals surface area (Å²) < 4.78 is 27.2. The lowest BCUT2D eigenvalue weighted by Gasteiger charge is -2.47. The molecule has 35 heavy (non-hydrogen) atoms. The molecule has 0 radical (unpaired) electrons. The second-order valence-corrected chi connectivity index (χ2v) is 9.08. The summed E-state index contributed by atoms with van der Waals surface area (Å²) in [7, 11) is 0. The van der Waals surface area contributed by atoms with E-state index in [9.17, 15) is 45.6 Å². The summed E-state index contributed by atoms with van der Waals surface area (Å²) in [6.07, 6.45) is -20.2. The van der Waals surface area contributed by atoms with Gasteiger partial charge in [0.2, 0.25) is 5.91 Å². The average Bonchev–Trinajstić information content (AvgIpc) is 2.80. The lowest BCUT2D eigenvalue weighted by Crippen LogP contribution is -2.67. The Balaban J connectivity index is 1.73. The van der Waals surface area contributed by atoms with E-state index in [4.69, 9.17) is 23.7 Å². The Bertz CT molecular complexity index is 715. The number of aliphatic hydroxyl groups excluding tert-OH is 8. The second kappa shape index (κ2) is 11.6. The van der Waals surface area contributed by atoms with Crippen molar-refractivity contribution in [2.24, 2.45) is 0 Å². The Hall–Kier alpha value is -1.05. The molecule has 0 bridgehead atoms. The molecule has 0 aliphatic carbocycles. The molecule has 0 aromatic rings. The molecule has 3 aliphatic rings. The van der Waals surface area contributed by atoms with E-state index in [1.54, 1.807) is 0 Å². The van der Waals surface area contributed by atoms with E-state index in [1.807, 2.05) is 0 Å². The van der Waals surface area contributed by atoms with Crippen molar-refractivity contribution in [3.05, 3.63) is 0 Å². The minimum absolute atomic E-state index is 0.492. The van der Waals surface area contributed by atoms with Gasteiger partial charge in [-0.3, -0.25) is 4.79 Å². The number of hydrogen-bond donors (Lipinski definition) is 9. The van der Waals surface area contributed by atoms with Crippen molar-refractivity contribution in [3.8, 4) is 0 Å². The van der Waals surface area contributed by atoms with Crippen LogP contribution in [-0.4, -0.2) is 145 Å². The van der Waals surface area contributed by atoms with Crippen molar-refractivity contribution >= 4 is 5.91 Å². The molecule has 15 heteroatoms. The number of carbonyl (C=O) groups excluding carboxylic acids is 1. The van der Waals surface area contributed by atoms with Crippen LogP contribution in [0.25, 0.3) is 0 Å². The molecule has 0 aromatic carbocycles. The van der Waals surface area contributed by atoms with Crippen molar-refractivity contribution in [2.75, 3.05) is 6.61 Å². The number of amides is 1. The number of rotatable bonds is 6. The Morgan fingerprint density at radius 1 is 0.743 bits per heavy atom. The lowest BCUT2D eigenvalue weighted by atomic mass is 9.95. The molecule has 9 N–H and O–H groups in total. The largest absolute Gasteiger partial charge is 0.388 e. The van der Waals surface area contributed by atoms with Crippen molar-refractivity contribution < 1.29 is 69.3 Å². The van der Waals surface area contributed by atoms with E-state index >= 15 is 0 Å². The first-order chi connectivity index (χ1) is 16.3. The van der Waals surface area contributed by atoms with Crippen molar-refractivity contribution in [1.29, 1.82) is 0 Å². The van der Waals surface area contributed by atoms with E-state index in [0.717, 1.165) is 6.92 Å². The van der Waals surface area contributed by atoms with Gasteiger partial charge in [0.25, 0.3) is 0 Å². The highest BCUT2D eigenvalue weighted by atomic mass is 16.7. The van der Waals surface area contributed by atoms with Crippen molar-refractivity contribution in [1.82, 2.24) is 5.32 Å². The highest BCUT2D eigenvalue weighted by Gasteiger charge is 2.51. The molecule has 3 heterocycles. The fourth-order valence-electron chi connectivity index (χ4n) is 4.24. The second-order valence-electron chi connectivity index (χ2n) is 9.08. The van der Waals surface area contributed by atoms with Crippen LogP contribution in [0.2, 0.25) is 0 Å². The van der Waals surface area contributed by atoms with Crippen molar-refractivity contribution in [2.45, 2.75) is 113 Å². The predicted octanol–water partition coefficient (Wildman–Crippen LogP) is -5.37. The zero-order valence-corrected chi connectivity index (χ0v) is 19.4. The third-order valence-corrected chi connectivity index (χ3v) is 6.40. The Kier molecular flexibility index (Phi) is 9.42. The number of carbonyl (C=O) groups is 1. The van der Waals surface area contributed by atoms with Gasteiger partial charge in [0.1, 0.15) is 61.0 Å². The minimum atomic E-state index is -1.72. The molecule has 3 saturated heterocycles. The first kappa shape index (κ1) is 28.5. The summed E-state index contributed by atoms with van der Waals surface area (Å²) >= 11 is 0. The van der Waals surface area contributed by atoms with Gasteiger partial charge >= 0.3 is 0 Å². The van der Waals surface area contributed by atoms with E-state index in [0.29, 0.717) is 0 Å². The van der Waals surface area contributed by atoms with Gasteiger partial charge in [-0.05, 0) is 13.8 Å². The minimum Gasteiger partial charge on any atom is -0.388 e. The van der Waals surface area contributed by atoms with Crippen molar-refractivity contribution in [3.63, 3.8) is 0 Å². The van der Waals surface area contributed by atoms with Crippen LogP contribution >= 0.6 is 0 Å². The fraction of sp³-hybridized carbons (Fsp3) is 0.950. The molecule has 3 aliphatic heterocycles. The summed E-state index contributed by atoms with van der Waals surface area (Å²) in [5.41, 5.74) is 0. The highest BCUT2D eigenvalue weighted by molar-refractivity contribution is 5.73. The molecular weight excluding hydrogens is 478 g/mol. The standard InChI is InChI=1S/C20H35NO14/c1-5-10(23)13(26)15(28)19(32-5)31-4-8-12(25)17(9(18(30)34-8)21-7(3)22)35-20-16(29)14(27)11(24)6(2)33-20/h5-6,8-20,23-30H,4H2,1-3H3,(H,21,22)/t5-,6-,8+,9+,10+,11+,12+,13+,14+,15-,16-,17+,18+,19-,20-/m0/s1. The normalized spacial score (nSPS) is 51.1. The van der Waals surface area contributed by atoms with E-state index < -0.39 is 105 Å².